The predicted octanol–water partition coefficient (Wildman–Crippen LogP) is 8.44. The third-order valence-electron chi connectivity index (χ3n) is 7.17. The molecule has 1 atom stereocenters. The highest BCUT2D eigenvalue weighted by molar-refractivity contribution is 6.00. The molecule has 1 aliphatic carbocycles. The summed E-state index contributed by atoms with van der Waals surface area (Å²) in [6.07, 6.45) is 16.4. The lowest BCUT2D eigenvalue weighted by Crippen LogP contribution is -2.19. The van der Waals surface area contributed by atoms with Gasteiger partial charge in [-0.25, -0.2) is 0 Å². The minimum absolute atomic E-state index is 0.202. The van der Waals surface area contributed by atoms with Crippen LogP contribution in [0.2, 0.25) is 0 Å². The van der Waals surface area contributed by atoms with Crippen LogP contribution < -0.4 is 10.1 Å². The number of carboxylic acid groups (broad SMARTS) is 1. The van der Waals surface area contributed by atoms with Crippen molar-refractivity contribution >= 4 is 23.5 Å². The van der Waals surface area contributed by atoms with Crippen molar-refractivity contribution in [1.82, 2.24) is 0 Å². The largest absolute Gasteiger partial charge is 0.481 e. The number of carboxylic acids is 1. The number of carbonyl (C=O) groups excluding carboxylic acids is 2. The molecule has 1 amide bonds. The molecule has 2 rings (SSSR count). The second kappa shape index (κ2) is 15.2. The lowest BCUT2D eigenvalue weighted by molar-refractivity contribution is -0.139. The van der Waals surface area contributed by atoms with Crippen LogP contribution in [0.1, 0.15) is 98.5 Å². The van der Waals surface area contributed by atoms with Gasteiger partial charge in [-0.1, -0.05) is 69.2 Å². The normalized spacial score (nSPS) is 16.9. The molecule has 0 aliphatic heterocycles. The second-order valence-corrected chi connectivity index (χ2v) is 11.2. The Hall–Kier alpha value is -3.67. The van der Waals surface area contributed by atoms with E-state index < -0.39 is 17.9 Å². The standard InChI is InChI=1S/C34H45NO5/c1-8-12-32(37)40-30-19-17-26(22-28(30)27(9-2)33(38)39)35-31(36)21-24(4)14-10-13-23(3)16-18-29-25(5)15-11-20-34(29,6)7/h10,13-14,16-19,21-22,27H,8-9,11-12,15,20H2,1-7H3,(H,35,36)(H,38,39)/b14-10+,18-16+,23-13+,24-21+. The van der Waals surface area contributed by atoms with Gasteiger partial charge < -0.3 is 15.2 Å². The lowest BCUT2D eigenvalue weighted by atomic mass is 9.72. The molecule has 6 nitrogen and oxygen atoms in total. The van der Waals surface area contributed by atoms with Gasteiger partial charge in [-0.15, -0.1) is 0 Å². The van der Waals surface area contributed by atoms with Crippen LogP contribution in [-0.4, -0.2) is 23.0 Å². The molecule has 216 valence electrons. The first-order valence-electron chi connectivity index (χ1n) is 14.2. The zero-order chi connectivity index (χ0) is 29.9. The van der Waals surface area contributed by atoms with Crippen molar-refractivity contribution < 1.29 is 24.2 Å². The fraction of sp³-hybridized carbons (Fsp3) is 0.441. The zero-order valence-corrected chi connectivity index (χ0v) is 25.1. The minimum atomic E-state index is -1.02. The van der Waals surface area contributed by atoms with E-state index >= 15 is 0 Å². The highest BCUT2D eigenvalue weighted by Crippen LogP contribution is 2.40. The average Bonchev–Trinajstić information content (AvgIpc) is 2.85. The number of hydrogen-bond acceptors (Lipinski definition) is 4. The van der Waals surface area contributed by atoms with E-state index in [1.807, 2.05) is 32.1 Å². The number of carbonyl (C=O) groups is 3. The molecule has 2 N–H and O–H groups in total. The third kappa shape index (κ3) is 9.82. The number of nitrogens with one attached hydrogen (secondary N) is 1. The molecular weight excluding hydrogens is 502 g/mol. The summed E-state index contributed by atoms with van der Waals surface area (Å²) in [5.74, 6) is -2.44. The van der Waals surface area contributed by atoms with E-state index in [4.69, 9.17) is 4.74 Å². The van der Waals surface area contributed by atoms with Crippen LogP contribution in [0.5, 0.6) is 5.75 Å². The van der Waals surface area contributed by atoms with E-state index in [2.05, 4.69) is 45.2 Å². The second-order valence-electron chi connectivity index (χ2n) is 11.2. The summed E-state index contributed by atoms with van der Waals surface area (Å²) in [7, 11) is 0. The van der Waals surface area contributed by atoms with Crippen molar-refractivity contribution in [2.45, 2.75) is 92.9 Å². The highest BCUT2D eigenvalue weighted by Gasteiger charge is 2.26. The maximum Gasteiger partial charge on any atom is 0.311 e. The molecule has 1 aromatic rings. The third-order valence-corrected chi connectivity index (χ3v) is 7.17. The van der Waals surface area contributed by atoms with Crippen molar-refractivity contribution in [3.05, 3.63) is 82.5 Å². The average molecular weight is 548 g/mol. The Kier molecular flexibility index (Phi) is 12.4. The molecule has 0 spiro atoms. The molecule has 1 aliphatic rings. The van der Waals surface area contributed by atoms with Crippen molar-refractivity contribution in [3.63, 3.8) is 0 Å². The number of anilines is 1. The fourth-order valence-electron chi connectivity index (χ4n) is 4.96. The van der Waals surface area contributed by atoms with Gasteiger partial charge >= 0.3 is 11.9 Å². The Morgan fingerprint density at radius 1 is 1.12 bits per heavy atom. The molecule has 0 saturated carbocycles. The number of esters is 1. The number of ether oxygens (including phenoxy) is 1. The first-order chi connectivity index (χ1) is 18.9. The van der Waals surface area contributed by atoms with Crippen LogP contribution in [0.25, 0.3) is 0 Å². The van der Waals surface area contributed by atoms with Gasteiger partial charge in [0.05, 0.1) is 5.92 Å². The maximum absolute atomic E-state index is 12.7. The molecule has 0 bridgehead atoms. The molecule has 0 fully saturated rings. The first kappa shape index (κ1) is 32.5. The molecule has 1 unspecified atom stereocenters. The first-order valence-corrected chi connectivity index (χ1v) is 14.2. The topological polar surface area (TPSA) is 92.7 Å². The summed E-state index contributed by atoms with van der Waals surface area (Å²) in [6.45, 7) is 14.3. The van der Waals surface area contributed by atoms with Gasteiger partial charge in [0.2, 0.25) is 5.91 Å². The Balaban J connectivity index is 2.12. The molecule has 0 radical (unpaired) electrons. The van der Waals surface area contributed by atoms with Crippen LogP contribution >= 0.6 is 0 Å². The van der Waals surface area contributed by atoms with Gasteiger partial charge in [0.25, 0.3) is 0 Å². The van der Waals surface area contributed by atoms with E-state index in [0.29, 0.717) is 24.1 Å². The molecular formula is C34H45NO5. The predicted molar refractivity (Wildman–Crippen MR) is 162 cm³/mol. The van der Waals surface area contributed by atoms with E-state index in [-0.39, 0.29) is 23.5 Å². The number of rotatable bonds is 12. The molecule has 6 heteroatoms. The Morgan fingerprint density at radius 3 is 2.48 bits per heavy atom. The molecule has 0 saturated heterocycles. The summed E-state index contributed by atoms with van der Waals surface area (Å²) in [5, 5.41) is 12.5. The number of hydrogen-bond donors (Lipinski definition) is 2. The Labute approximate surface area is 239 Å². The van der Waals surface area contributed by atoms with Crippen LogP contribution in [0.15, 0.2) is 76.9 Å². The quantitative estimate of drug-likeness (QED) is 0.119. The number of aliphatic carboxylic acids is 1. The van der Waals surface area contributed by atoms with Gasteiger partial charge in [-0.2, -0.15) is 0 Å². The molecule has 0 heterocycles. The van der Waals surface area contributed by atoms with E-state index in [0.717, 1.165) is 17.6 Å². The summed E-state index contributed by atoms with van der Waals surface area (Å²) in [6, 6.07) is 4.71. The van der Waals surface area contributed by atoms with Gasteiger partial charge in [0.15, 0.2) is 0 Å². The number of amides is 1. The molecule has 40 heavy (non-hydrogen) atoms. The Morgan fingerprint density at radius 2 is 1.85 bits per heavy atom. The van der Waals surface area contributed by atoms with Crippen LogP contribution in [-0.2, 0) is 14.4 Å². The molecule has 0 aromatic heterocycles. The number of allylic oxidation sites excluding steroid dienone is 9. The summed E-state index contributed by atoms with van der Waals surface area (Å²) >= 11 is 0. The van der Waals surface area contributed by atoms with E-state index in [9.17, 15) is 19.5 Å². The van der Waals surface area contributed by atoms with Gasteiger partial charge in [-0.05, 0) is 87.6 Å². The summed E-state index contributed by atoms with van der Waals surface area (Å²) in [5.41, 5.74) is 5.76. The summed E-state index contributed by atoms with van der Waals surface area (Å²) in [4.78, 5) is 36.5. The highest BCUT2D eigenvalue weighted by atomic mass is 16.5. The van der Waals surface area contributed by atoms with Crippen LogP contribution in [0.3, 0.4) is 0 Å². The number of benzene rings is 1. The zero-order valence-electron chi connectivity index (χ0n) is 25.1. The van der Waals surface area contributed by atoms with Gasteiger partial charge in [0.1, 0.15) is 5.75 Å². The fourth-order valence-corrected chi connectivity index (χ4v) is 4.96. The van der Waals surface area contributed by atoms with Crippen molar-refractivity contribution in [2.75, 3.05) is 5.32 Å². The van der Waals surface area contributed by atoms with Crippen LogP contribution in [0, 0.1) is 5.41 Å². The minimum Gasteiger partial charge on any atom is -0.481 e. The van der Waals surface area contributed by atoms with E-state index in [1.165, 1.54) is 36.1 Å². The van der Waals surface area contributed by atoms with Crippen molar-refractivity contribution in [2.24, 2.45) is 5.41 Å². The SMILES string of the molecule is CCCC(=O)Oc1ccc(NC(=O)/C=C(C)/C=C/C=C(C)/C=C/C2=C(C)CCCC2(C)C)cc1C(CC)C(=O)O. The Bertz CT molecular complexity index is 1240. The monoisotopic (exact) mass is 547 g/mol. The maximum atomic E-state index is 12.7. The molecule has 1 aromatic carbocycles. The van der Waals surface area contributed by atoms with Gasteiger partial charge in [0, 0.05) is 23.7 Å². The van der Waals surface area contributed by atoms with Gasteiger partial charge in [-0.3, -0.25) is 14.4 Å². The lowest BCUT2D eigenvalue weighted by Gasteiger charge is -2.32. The van der Waals surface area contributed by atoms with E-state index in [1.54, 1.807) is 19.1 Å². The van der Waals surface area contributed by atoms with Crippen molar-refractivity contribution in [1.29, 1.82) is 0 Å². The van der Waals surface area contributed by atoms with Crippen LogP contribution in [0.4, 0.5) is 5.69 Å². The summed E-state index contributed by atoms with van der Waals surface area (Å²) < 4.78 is 5.43. The smallest absolute Gasteiger partial charge is 0.311 e. The van der Waals surface area contributed by atoms with Crippen molar-refractivity contribution in [3.8, 4) is 5.75 Å².